The van der Waals surface area contributed by atoms with Crippen LogP contribution in [-0.2, 0) is 18.6 Å². The van der Waals surface area contributed by atoms with Gasteiger partial charge in [0.15, 0.2) is 0 Å². The molecule has 5 nitrogen and oxygen atoms in total. The molecule has 0 N–H and O–H groups in total. The zero-order valence-electron chi connectivity index (χ0n) is 24.7. The molecule has 196 valence electrons. The van der Waals surface area contributed by atoms with Crippen molar-refractivity contribution < 1.29 is 23.0 Å². The average Bonchev–Trinajstić information content (AvgIpc) is 3.00. The van der Waals surface area contributed by atoms with E-state index in [1.165, 1.54) is 5.56 Å². The summed E-state index contributed by atoms with van der Waals surface area (Å²) in [7, 11) is -2.80. The second kappa shape index (κ2) is 8.90. The molecule has 1 atom stereocenters. The number of hydrogen-bond acceptors (Lipinski definition) is 5. The fraction of sp³-hybridized carbons (Fsp3) is 0.778. The summed E-state index contributed by atoms with van der Waals surface area (Å²) in [6.07, 6.45) is 0. The van der Waals surface area contributed by atoms with E-state index in [9.17, 15) is 0 Å². The minimum absolute atomic E-state index is 0.0707. The van der Waals surface area contributed by atoms with E-state index >= 15 is 0 Å². The van der Waals surface area contributed by atoms with Gasteiger partial charge in [-0.15, -0.1) is 0 Å². The molecule has 35 heavy (non-hydrogen) atoms. The summed E-state index contributed by atoms with van der Waals surface area (Å²) >= 11 is 0. The molecule has 1 aromatic carbocycles. The summed E-state index contributed by atoms with van der Waals surface area (Å²) < 4.78 is 32.7. The number of benzene rings is 1. The minimum Gasteiger partial charge on any atom is -0.544 e. The van der Waals surface area contributed by atoms with Gasteiger partial charge in [-0.1, -0.05) is 39.8 Å². The summed E-state index contributed by atoms with van der Waals surface area (Å²) in [4.78, 5) is 0. The molecule has 2 aliphatic heterocycles. The second-order valence-corrected chi connectivity index (χ2v) is 18.8. The van der Waals surface area contributed by atoms with E-state index < -0.39 is 45.0 Å². The highest BCUT2D eigenvalue weighted by atomic mass is 28.4. The normalized spacial score (nSPS) is 24.2. The third kappa shape index (κ3) is 5.43. The average molecular weight is 502 g/mol. The molecule has 0 aliphatic carbocycles. The van der Waals surface area contributed by atoms with Crippen molar-refractivity contribution in [3.8, 4) is 5.75 Å². The maximum absolute atomic E-state index is 6.54. The molecule has 2 heterocycles. The summed E-state index contributed by atoms with van der Waals surface area (Å²) in [6, 6.07) is 8.52. The van der Waals surface area contributed by atoms with Crippen molar-refractivity contribution in [2.75, 3.05) is 0 Å². The molecule has 0 aromatic heterocycles. The highest BCUT2D eigenvalue weighted by Crippen LogP contribution is 2.49. The van der Waals surface area contributed by atoms with E-state index in [-0.39, 0.29) is 16.7 Å². The van der Waals surface area contributed by atoms with Crippen LogP contribution in [0.25, 0.3) is 0 Å². The van der Waals surface area contributed by atoms with Crippen LogP contribution in [0.4, 0.5) is 0 Å². The maximum atomic E-state index is 6.54. The standard InChI is InChI=1S/C27H48B2O5Si/c1-19(20-15-17-21(18-16-20)30-35(13,14)23(2,3)4)22(28-31-24(5,6)25(7,8)32-28)29-33-26(9,10)27(11,12)34-29/h15-19,22H,1-14H3. The number of rotatable bonds is 6. The first-order valence-corrected chi connectivity index (χ1v) is 16.0. The molecule has 3 rings (SSSR count). The Balaban J connectivity index is 1.91. The predicted octanol–water partition coefficient (Wildman–Crippen LogP) is 7.27. The summed E-state index contributed by atoms with van der Waals surface area (Å²) in [6.45, 7) is 30.3. The van der Waals surface area contributed by atoms with Gasteiger partial charge in [-0.3, -0.25) is 0 Å². The van der Waals surface area contributed by atoms with Gasteiger partial charge in [0.1, 0.15) is 5.75 Å². The lowest BCUT2D eigenvalue weighted by Crippen LogP contribution is -2.43. The van der Waals surface area contributed by atoms with Crippen molar-refractivity contribution in [2.45, 2.75) is 135 Å². The lowest BCUT2D eigenvalue weighted by atomic mass is 9.46. The van der Waals surface area contributed by atoms with Crippen molar-refractivity contribution >= 4 is 22.6 Å². The van der Waals surface area contributed by atoms with Crippen LogP contribution in [0.15, 0.2) is 24.3 Å². The van der Waals surface area contributed by atoms with E-state index in [1.807, 2.05) is 0 Å². The van der Waals surface area contributed by atoms with Crippen LogP contribution >= 0.6 is 0 Å². The predicted molar refractivity (Wildman–Crippen MR) is 149 cm³/mol. The Hall–Kier alpha value is -0.793. The smallest absolute Gasteiger partial charge is 0.459 e. The van der Waals surface area contributed by atoms with E-state index in [0.717, 1.165) is 5.75 Å². The molecule has 2 saturated heterocycles. The summed E-state index contributed by atoms with van der Waals surface area (Å²) in [5, 5.41) is 0.150. The molecule has 2 aliphatic rings. The minimum atomic E-state index is -1.90. The van der Waals surface area contributed by atoms with E-state index in [2.05, 4.69) is 120 Å². The lowest BCUT2D eigenvalue weighted by Gasteiger charge is -2.36. The molecule has 2 fully saturated rings. The van der Waals surface area contributed by atoms with Gasteiger partial charge in [0.25, 0.3) is 0 Å². The first-order chi connectivity index (χ1) is 15.6. The van der Waals surface area contributed by atoms with Crippen LogP contribution < -0.4 is 4.43 Å². The van der Waals surface area contributed by atoms with Crippen LogP contribution in [0.3, 0.4) is 0 Å². The SMILES string of the molecule is CC(c1ccc(O[Si](C)(C)C(C)(C)C)cc1)C(B1OC(C)(C)C(C)(C)O1)B1OC(C)(C)C(C)(C)O1. The van der Waals surface area contributed by atoms with Gasteiger partial charge in [0.2, 0.25) is 8.32 Å². The second-order valence-electron chi connectivity index (χ2n) is 14.0. The zero-order chi connectivity index (χ0) is 26.8. The topological polar surface area (TPSA) is 46.2 Å². The molecule has 0 bridgehead atoms. The Morgan fingerprint density at radius 1 is 0.714 bits per heavy atom. The van der Waals surface area contributed by atoms with Gasteiger partial charge in [-0.2, -0.15) is 0 Å². The van der Waals surface area contributed by atoms with Crippen molar-refractivity contribution in [1.82, 2.24) is 0 Å². The van der Waals surface area contributed by atoms with Gasteiger partial charge in [0, 0.05) is 5.72 Å². The highest BCUT2D eigenvalue weighted by Gasteiger charge is 2.63. The molecule has 0 amide bonds. The van der Waals surface area contributed by atoms with Crippen LogP contribution in [-0.4, -0.2) is 45.0 Å². The van der Waals surface area contributed by atoms with Crippen molar-refractivity contribution in [3.05, 3.63) is 29.8 Å². The Bertz CT molecular complexity index is 837. The van der Waals surface area contributed by atoms with Crippen LogP contribution in [0.1, 0.15) is 94.6 Å². The van der Waals surface area contributed by atoms with E-state index in [4.69, 9.17) is 23.0 Å². The zero-order valence-corrected chi connectivity index (χ0v) is 25.7. The van der Waals surface area contributed by atoms with Gasteiger partial charge >= 0.3 is 14.2 Å². The van der Waals surface area contributed by atoms with Crippen LogP contribution in [0.2, 0.25) is 23.8 Å². The Morgan fingerprint density at radius 2 is 1.06 bits per heavy atom. The van der Waals surface area contributed by atoms with Gasteiger partial charge in [-0.05, 0) is 97.1 Å². The Labute approximate surface area is 216 Å². The fourth-order valence-electron chi connectivity index (χ4n) is 4.20. The first kappa shape index (κ1) is 28.8. The highest BCUT2D eigenvalue weighted by molar-refractivity contribution is 6.74. The molecule has 0 radical (unpaired) electrons. The largest absolute Gasteiger partial charge is 0.544 e. The van der Waals surface area contributed by atoms with Crippen LogP contribution in [0, 0.1) is 0 Å². The molecular formula is C27H48B2O5Si. The summed E-state index contributed by atoms with van der Waals surface area (Å²) in [5.41, 5.74) is -0.688. The molecule has 0 spiro atoms. The van der Waals surface area contributed by atoms with E-state index in [0.29, 0.717) is 0 Å². The summed E-state index contributed by atoms with van der Waals surface area (Å²) in [5.74, 6) is 0.997. The lowest BCUT2D eigenvalue weighted by molar-refractivity contribution is 0.00578. The van der Waals surface area contributed by atoms with Crippen molar-refractivity contribution in [2.24, 2.45) is 0 Å². The molecular weight excluding hydrogens is 454 g/mol. The Morgan fingerprint density at radius 3 is 1.37 bits per heavy atom. The molecule has 8 heteroatoms. The van der Waals surface area contributed by atoms with Crippen LogP contribution in [0.5, 0.6) is 5.75 Å². The van der Waals surface area contributed by atoms with Gasteiger partial charge in [-0.25, -0.2) is 0 Å². The van der Waals surface area contributed by atoms with Gasteiger partial charge in [0.05, 0.1) is 22.4 Å². The van der Waals surface area contributed by atoms with E-state index in [1.54, 1.807) is 0 Å². The maximum Gasteiger partial charge on any atom is 0.459 e. The van der Waals surface area contributed by atoms with Crippen molar-refractivity contribution in [1.29, 1.82) is 0 Å². The third-order valence-electron chi connectivity index (χ3n) is 9.33. The Kier molecular flexibility index (Phi) is 7.32. The molecule has 1 unspecified atom stereocenters. The monoisotopic (exact) mass is 502 g/mol. The van der Waals surface area contributed by atoms with Crippen molar-refractivity contribution in [3.63, 3.8) is 0 Å². The third-order valence-corrected chi connectivity index (χ3v) is 13.7. The fourth-order valence-corrected chi connectivity index (χ4v) is 5.23. The molecule has 0 saturated carbocycles. The van der Waals surface area contributed by atoms with Gasteiger partial charge < -0.3 is 23.0 Å². The quantitative estimate of drug-likeness (QED) is 0.383. The molecule has 1 aromatic rings. The number of hydrogen-bond donors (Lipinski definition) is 0. The first-order valence-electron chi connectivity index (χ1n) is 13.1.